The van der Waals surface area contributed by atoms with Gasteiger partial charge in [0.1, 0.15) is 5.60 Å². The highest BCUT2D eigenvalue weighted by atomic mass is 16.6. The van der Waals surface area contributed by atoms with Crippen molar-refractivity contribution in [2.45, 2.75) is 38.9 Å². The van der Waals surface area contributed by atoms with Crippen molar-refractivity contribution in [2.75, 3.05) is 39.3 Å². The number of aliphatic hydroxyl groups excluding tert-OH is 2. The van der Waals surface area contributed by atoms with Crippen LogP contribution in [0.2, 0.25) is 0 Å². The fourth-order valence-electron chi connectivity index (χ4n) is 2.02. The minimum absolute atomic E-state index is 0.230. The highest BCUT2D eigenvalue weighted by molar-refractivity contribution is 5.68. The number of ether oxygens (including phenoxy) is 1. The van der Waals surface area contributed by atoms with Crippen molar-refractivity contribution in [3.8, 4) is 0 Å². The smallest absolute Gasteiger partial charge is 0.410 e. The Bertz CT molecular complexity index is 291. The van der Waals surface area contributed by atoms with Crippen LogP contribution in [0.3, 0.4) is 0 Å². The van der Waals surface area contributed by atoms with Crippen LogP contribution in [0.15, 0.2) is 0 Å². The van der Waals surface area contributed by atoms with E-state index in [1.165, 1.54) is 0 Å². The van der Waals surface area contributed by atoms with Gasteiger partial charge in [-0.05, 0) is 27.2 Å². The van der Waals surface area contributed by atoms with Crippen molar-refractivity contribution in [3.05, 3.63) is 0 Å². The van der Waals surface area contributed by atoms with Gasteiger partial charge in [0.15, 0.2) is 0 Å². The molecule has 1 aliphatic heterocycles. The summed E-state index contributed by atoms with van der Waals surface area (Å²) < 4.78 is 5.35. The first-order valence-corrected chi connectivity index (χ1v) is 6.81. The molecule has 112 valence electrons. The summed E-state index contributed by atoms with van der Waals surface area (Å²) in [5.74, 6) is 0. The molecule has 1 amide bonds. The third-order valence-electron chi connectivity index (χ3n) is 2.92. The maximum Gasteiger partial charge on any atom is 0.410 e. The zero-order valence-electron chi connectivity index (χ0n) is 12.1. The fraction of sp³-hybridized carbons (Fsp3) is 0.923. The number of β-amino-alcohol motifs (C(OH)–C–C–N with tert-alkyl or cyclic N) is 1. The first-order valence-electron chi connectivity index (χ1n) is 6.81. The Morgan fingerprint density at radius 1 is 1.26 bits per heavy atom. The summed E-state index contributed by atoms with van der Waals surface area (Å²) in [7, 11) is 0. The fourth-order valence-corrected chi connectivity index (χ4v) is 2.02. The third kappa shape index (κ3) is 6.22. The molecule has 0 spiro atoms. The molecule has 0 radical (unpaired) electrons. The lowest BCUT2D eigenvalue weighted by Crippen LogP contribution is -2.40. The molecule has 1 unspecified atom stereocenters. The normalized spacial score (nSPS) is 19.9. The van der Waals surface area contributed by atoms with E-state index in [1.807, 2.05) is 20.8 Å². The second-order valence-electron chi connectivity index (χ2n) is 5.96. The van der Waals surface area contributed by atoms with E-state index in [1.54, 1.807) is 4.90 Å². The van der Waals surface area contributed by atoms with Gasteiger partial charge < -0.3 is 19.8 Å². The molecular formula is C13H26N2O4. The summed E-state index contributed by atoms with van der Waals surface area (Å²) in [6.45, 7) is 8.54. The summed E-state index contributed by atoms with van der Waals surface area (Å²) in [5.41, 5.74) is -0.476. The van der Waals surface area contributed by atoms with Gasteiger partial charge in [0, 0.05) is 32.7 Å². The molecule has 19 heavy (non-hydrogen) atoms. The van der Waals surface area contributed by atoms with Crippen LogP contribution in [0.5, 0.6) is 0 Å². The summed E-state index contributed by atoms with van der Waals surface area (Å²) >= 11 is 0. The van der Waals surface area contributed by atoms with Gasteiger partial charge in [-0.2, -0.15) is 0 Å². The Balaban J connectivity index is 2.43. The topological polar surface area (TPSA) is 73.2 Å². The quantitative estimate of drug-likeness (QED) is 0.773. The zero-order valence-corrected chi connectivity index (χ0v) is 12.1. The van der Waals surface area contributed by atoms with Gasteiger partial charge >= 0.3 is 6.09 Å². The summed E-state index contributed by atoms with van der Waals surface area (Å²) in [4.78, 5) is 15.7. The molecule has 0 saturated carbocycles. The number of amides is 1. The summed E-state index contributed by atoms with van der Waals surface area (Å²) in [5, 5.41) is 18.3. The lowest BCUT2D eigenvalue weighted by atomic mass is 10.2. The second-order valence-corrected chi connectivity index (χ2v) is 5.96. The number of rotatable bonds is 3. The molecule has 0 aliphatic carbocycles. The Morgan fingerprint density at radius 3 is 2.53 bits per heavy atom. The van der Waals surface area contributed by atoms with Crippen molar-refractivity contribution < 1.29 is 19.7 Å². The molecule has 1 rings (SSSR count). The molecule has 1 saturated heterocycles. The highest BCUT2D eigenvalue weighted by Crippen LogP contribution is 2.12. The Labute approximate surface area is 114 Å². The maximum atomic E-state index is 11.9. The van der Waals surface area contributed by atoms with Crippen LogP contribution in [0.1, 0.15) is 27.2 Å². The van der Waals surface area contributed by atoms with Crippen LogP contribution in [0.25, 0.3) is 0 Å². The average Bonchev–Trinajstić information content (AvgIpc) is 2.52. The molecule has 1 fully saturated rings. The number of carbonyl (C=O) groups is 1. The standard InChI is InChI=1S/C13H26N2O4/c1-13(2,3)19-12(18)15-6-4-5-14(7-8-15)9-11(17)10-16/h11,16-17H,4-10H2,1-3H3. The van der Waals surface area contributed by atoms with Gasteiger partial charge in [0.05, 0.1) is 12.7 Å². The van der Waals surface area contributed by atoms with E-state index in [2.05, 4.69) is 4.90 Å². The number of nitrogens with zero attached hydrogens (tertiary/aromatic N) is 2. The van der Waals surface area contributed by atoms with Gasteiger partial charge in [0.25, 0.3) is 0 Å². The van der Waals surface area contributed by atoms with E-state index < -0.39 is 11.7 Å². The molecule has 6 nitrogen and oxygen atoms in total. The summed E-state index contributed by atoms with van der Waals surface area (Å²) in [6.07, 6.45) is -0.151. The maximum absolute atomic E-state index is 11.9. The van der Waals surface area contributed by atoms with Gasteiger partial charge in [-0.25, -0.2) is 4.79 Å². The second kappa shape index (κ2) is 7.07. The van der Waals surface area contributed by atoms with Crippen molar-refractivity contribution >= 4 is 6.09 Å². The van der Waals surface area contributed by atoms with Crippen molar-refractivity contribution in [3.63, 3.8) is 0 Å². The Kier molecular flexibility index (Phi) is 6.03. The molecule has 1 heterocycles. The molecule has 0 aromatic rings. The van der Waals surface area contributed by atoms with E-state index >= 15 is 0 Å². The van der Waals surface area contributed by atoms with Crippen molar-refractivity contribution in [1.29, 1.82) is 0 Å². The van der Waals surface area contributed by atoms with E-state index in [-0.39, 0.29) is 12.7 Å². The number of carbonyl (C=O) groups excluding carboxylic acids is 1. The molecule has 0 aromatic carbocycles. The predicted molar refractivity (Wildman–Crippen MR) is 72.0 cm³/mol. The van der Waals surface area contributed by atoms with Crippen LogP contribution >= 0.6 is 0 Å². The first-order chi connectivity index (χ1) is 8.81. The molecule has 0 aromatic heterocycles. The van der Waals surface area contributed by atoms with Crippen LogP contribution in [0.4, 0.5) is 4.79 Å². The molecule has 0 bridgehead atoms. The predicted octanol–water partition coefficient (Wildman–Crippen LogP) is 0.282. The van der Waals surface area contributed by atoms with E-state index in [0.29, 0.717) is 26.2 Å². The summed E-state index contributed by atoms with van der Waals surface area (Å²) in [6, 6.07) is 0. The van der Waals surface area contributed by atoms with Gasteiger partial charge in [0.2, 0.25) is 0 Å². The third-order valence-corrected chi connectivity index (χ3v) is 2.92. The van der Waals surface area contributed by atoms with E-state index in [4.69, 9.17) is 9.84 Å². The number of hydrogen-bond acceptors (Lipinski definition) is 5. The SMILES string of the molecule is CC(C)(C)OC(=O)N1CCCN(CC(O)CO)CC1. The largest absolute Gasteiger partial charge is 0.444 e. The molecule has 1 atom stereocenters. The highest BCUT2D eigenvalue weighted by Gasteiger charge is 2.24. The lowest BCUT2D eigenvalue weighted by molar-refractivity contribution is 0.0250. The average molecular weight is 274 g/mol. The number of hydrogen-bond donors (Lipinski definition) is 2. The van der Waals surface area contributed by atoms with Gasteiger partial charge in [-0.1, -0.05) is 0 Å². The van der Waals surface area contributed by atoms with E-state index in [9.17, 15) is 9.90 Å². The van der Waals surface area contributed by atoms with Crippen LogP contribution in [-0.4, -0.2) is 77.1 Å². The van der Waals surface area contributed by atoms with Crippen LogP contribution in [-0.2, 0) is 4.74 Å². The molecule has 2 N–H and O–H groups in total. The molecular weight excluding hydrogens is 248 g/mol. The minimum atomic E-state index is -0.715. The van der Waals surface area contributed by atoms with Crippen LogP contribution in [0, 0.1) is 0 Å². The molecule has 6 heteroatoms. The minimum Gasteiger partial charge on any atom is -0.444 e. The first kappa shape index (κ1) is 16.2. The van der Waals surface area contributed by atoms with Gasteiger partial charge in [-0.3, -0.25) is 4.90 Å². The van der Waals surface area contributed by atoms with Crippen molar-refractivity contribution in [1.82, 2.24) is 9.80 Å². The van der Waals surface area contributed by atoms with Crippen molar-refractivity contribution in [2.24, 2.45) is 0 Å². The van der Waals surface area contributed by atoms with E-state index in [0.717, 1.165) is 13.0 Å². The lowest BCUT2D eigenvalue weighted by Gasteiger charge is -2.26. The zero-order chi connectivity index (χ0) is 14.5. The number of aliphatic hydroxyl groups is 2. The monoisotopic (exact) mass is 274 g/mol. The van der Waals surface area contributed by atoms with Crippen LogP contribution < -0.4 is 0 Å². The van der Waals surface area contributed by atoms with Gasteiger partial charge in [-0.15, -0.1) is 0 Å². The molecule has 1 aliphatic rings. The Morgan fingerprint density at radius 2 is 1.95 bits per heavy atom. The Hall–Kier alpha value is -0.850.